The highest BCUT2D eigenvalue weighted by atomic mass is 16.5. The molecule has 1 aliphatic heterocycles. The molecule has 0 aliphatic carbocycles. The van der Waals surface area contributed by atoms with Crippen molar-refractivity contribution in [3.63, 3.8) is 0 Å². The summed E-state index contributed by atoms with van der Waals surface area (Å²) in [5.74, 6) is 5.35. The Morgan fingerprint density at radius 1 is 1.67 bits per heavy atom. The van der Waals surface area contributed by atoms with Gasteiger partial charge in [-0.1, -0.05) is 0 Å². The van der Waals surface area contributed by atoms with Gasteiger partial charge in [-0.15, -0.1) is 0 Å². The van der Waals surface area contributed by atoms with Crippen LogP contribution in [0.3, 0.4) is 0 Å². The molecule has 0 spiro atoms. The lowest BCUT2D eigenvalue weighted by Gasteiger charge is -2.22. The van der Waals surface area contributed by atoms with Crippen molar-refractivity contribution < 1.29 is 4.74 Å². The maximum Gasteiger partial charge on any atom is 0.203 e. The van der Waals surface area contributed by atoms with Crippen molar-refractivity contribution >= 4 is 5.96 Å². The Morgan fingerprint density at radius 2 is 2.33 bits per heavy atom. The molecule has 0 aromatic rings. The van der Waals surface area contributed by atoms with Gasteiger partial charge in [0.05, 0.1) is 11.6 Å². The van der Waals surface area contributed by atoms with E-state index in [0.29, 0.717) is 0 Å². The van der Waals surface area contributed by atoms with Crippen molar-refractivity contribution in [2.75, 3.05) is 6.61 Å². The fraction of sp³-hybridized carbons (Fsp3) is 0.857. The van der Waals surface area contributed by atoms with E-state index in [9.17, 15) is 0 Å². The van der Waals surface area contributed by atoms with E-state index in [4.69, 9.17) is 16.3 Å². The van der Waals surface area contributed by atoms with Crippen LogP contribution in [-0.4, -0.2) is 24.2 Å². The molecule has 1 rings (SSSR count). The molecule has 0 amide bonds. The zero-order valence-corrected chi connectivity index (χ0v) is 7.50. The van der Waals surface area contributed by atoms with Crippen LogP contribution in [0.4, 0.5) is 0 Å². The minimum Gasteiger partial charge on any atom is -0.373 e. The molecule has 1 saturated heterocycles. The van der Waals surface area contributed by atoms with Crippen molar-refractivity contribution in [3.05, 3.63) is 0 Å². The molecule has 5 heteroatoms. The van der Waals surface area contributed by atoms with Gasteiger partial charge < -0.3 is 10.5 Å². The normalized spacial score (nSPS) is 28.9. The smallest absolute Gasteiger partial charge is 0.203 e. The summed E-state index contributed by atoms with van der Waals surface area (Å²) in [6.45, 7) is 4.73. The lowest BCUT2D eigenvalue weighted by atomic mass is 10.00. The lowest BCUT2D eigenvalue weighted by Crippen LogP contribution is -2.40. The van der Waals surface area contributed by atoms with Crippen molar-refractivity contribution in [1.29, 1.82) is 0 Å². The summed E-state index contributed by atoms with van der Waals surface area (Å²) < 4.78 is 5.47. The van der Waals surface area contributed by atoms with Crippen LogP contribution < -0.4 is 17.0 Å². The van der Waals surface area contributed by atoms with Crippen LogP contribution in [0.5, 0.6) is 0 Å². The van der Waals surface area contributed by atoms with Crippen LogP contribution in [0.15, 0.2) is 4.99 Å². The summed E-state index contributed by atoms with van der Waals surface area (Å²) in [6.07, 6.45) is 0.898. The summed E-state index contributed by atoms with van der Waals surface area (Å²) in [7, 11) is 0. The number of nitrogens with zero attached hydrogens (tertiary/aromatic N) is 1. The third-order valence-electron chi connectivity index (χ3n) is 2.11. The number of guanidine groups is 1. The predicted molar refractivity (Wildman–Crippen MR) is 47.4 cm³/mol. The first-order valence-electron chi connectivity index (χ1n) is 4.00. The fourth-order valence-electron chi connectivity index (χ4n) is 1.30. The molecule has 0 radical (unpaired) electrons. The van der Waals surface area contributed by atoms with Crippen LogP contribution in [0.2, 0.25) is 0 Å². The van der Waals surface area contributed by atoms with E-state index in [1.165, 1.54) is 0 Å². The van der Waals surface area contributed by atoms with E-state index in [1.807, 2.05) is 13.8 Å². The number of nitrogens with two attached hydrogens (primary N) is 2. The molecule has 1 atom stereocenters. The first kappa shape index (κ1) is 9.28. The van der Waals surface area contributed by atoms with Gasteiger partial charge >= 0.3 is 0 Å². The molecule has 1 aliphatic rings. The van der Waals surface area contributed by atoms with Gasteiger partial charge in [-0.3, -0.25) is 5.43 Å². The van der Waals surface area contributed by atoms with Gasteiger partial charge in [0.1, 0.15) is 0 Å². The summed E-state index contributed by atoms with van der Waals surface area (Å²) >= 11 is 0. The summed E-state index contributed by atoms with van der Waals surface area (Å²) in [5.41, 5.74) is 7.51. The summed E-state index contributed by atoms with van der Waals surface area (Å²) in [4.78, 5) is 4.18. The second-order valence-electron chi connectivity index (χ2n) is 3.42. The lowest BCUT2D eigenvalue weighted by molar-refractivity contribution is 0.0286. The van der Waals surface area contributed by atoms with Crippen LogP contribution in [0.25, 0.3) is 0 Å². The average Bonchev–Trinajstić information content (AvgIpc) is 2.31. The number of hydrogen-bond acceptors (Lipinski definition) is 3. The van der Waals surface area contributed by atoms with Crippen molar-refractivity contribution in [2.24, 2.45) is 16.6 Å². The molecule has 5 nitrogen and oxygen atoms in total. The standard InChI is InChI=1S/C7H16N4O/c1-7(2)5(3-4-12-7)10-6(8)11-9/h5H,3-4,9H2,1-2H3,(H3,8,10,11). The Kier molecular flexibility index (Phi) is 2.54. The van der Waals surface area contributed by atoms with Crippen LogP contribution in [0.1, 0.15) is 20.3 Å². The Balaban J connectivity index is 2.63. The van der Waals surface area contributed by atoms with Crippen molar-refractivity contribution in [1.82, 2.24) is 5.43 Å². The maximum absolute atomic E-state index is 5.47. The molecule has 0 aromatic heterocycles. The Hall–Kier alpha value is -0.810. The summed E-state index contributed by atoms with van der Waals surface area (Å²) in [5, 5.41) is 0. The van der Waals surface area contributed by atoms with E-state index in [0.717, 1.165) is 13.0 Å². The third-order valence-corrected chi connectivity index (χ3v) is 2.11. The van der Waals surface area contributed by atoms with Gasteiger partial charge in [0.15, 0.2) is 0 Å². The highest BCUT2D eigenvalue weighted by molar-refractivity contribution is 5.77. The Bertz CT molecular complexity index is 190. The van der Waals surface area contributed by atoms with Gasteiger partial charge in [-0.25, -0.2) is 10.8 Å². The van der Waals surface area contributed by atoms with Gasteiger partial charge in [0, 0.05) is 6.61 Å². The number of hydrazine groups is 1. The highest BCUT2D eigenvalue weighted by Crippen LogP contribution is 2.27. The second-order valence-corrected chi connectivity index (χ2v) is 3.42. The number of rotatable bonds is 1. The van der Waals surface area contributed by atoms with Crippen LogP contribution in [-0.2, 0) is 4.74 Å². The molecular weight excluding hydrogens is 156 g/mol. The third kappa shape index (κ3) is 1.86. The minimum absolute atomic E-state index is 0.105. The monoisotopic (exact) mass is 172 g/mol. The van der Waals surface area contributed by atoms with Crippen molar-refractivity contribution in [2.45, 2.75) is 31.9 Å². The highest BCUT2D eigenvalue weighted by Gasteiger charge is 2.35. The molecule has 0 bridgehead atoms. The molecule has 0 aromatic carbocycles. The van der Waals surface area contributed by atoms with E-state index in [1.54, 1.807) is 0 Å². The SMILES string of the molecule is CC1(C)OCCC1N=C(N)NN. The van der Waals surface area contributed by atoms with E-state index < -0.39 is 0 Å². The molecule has 1 heterocycles. The molecule has 5 N–H and O–H groups in total. The molecular formula is C7H16N4O. The first-order chi connectivity index (χ1) is 5.56. The average molecular weight is 172 g/mol. The quantitative estimate of drug-likeness (QED) is 0.212. The number of ether oxygens (including phenoxy) is 1. The number of hydrogen-bond donors (Lipinski definition) is 3. The Labute approximate surface area is 72.1 Å². The molecule has 12 heavy (non-hydrogen) atoms. The Morgan fingerprint density at radius 3 is 2.75 bits per heavy atom. The zero-order valence-electron chi connectivity index (χ0n) is 7.50. The van der Waals surface area contributed by atoms with Gasteiger partial charge in [0.25, 0.3) is 0 Å². The van der Waals surface area contributed by atoms with E-state index >= 15 is 0 Å². The molecule has 1 fully saturated rings. The van der Waals surface area contributed by atoms with E-state index in [-0.39, 0.29) is 17.6 Å². The number of aliphatic imine (C=N–C) groups is 1. The van der Waals surface area contributed by atoms with Crippen LogP contribution in [0, 0.1) is 0 Å². The topological polar surface area (TPSA) is 85.7 Å². The molecule has 1 unspecified atom stereocenters. The second kappa shape index (κ2) is 3.28. The maximum atomic E-state index is 5.47. The largest absolute Gasteiger partial charge is 0.373 e. The van der Waals surface area contributed by atoms with Gasteiger partial charge in [-0.2, -0.15) is 0 Å². The van der Waals surface area contributed by atoms with Gasteiger partial charge in [0.2, 0.25) is 5.96 Å². The van der Waals surface area contributed by atoms with Crippen molar-refractivity contribution in [3.8, 4) is 0 Å². The predicted octanol–water partition coefficient (Wildman–Crippen LogP) is -0.668. The first-order valence-corrected chi connectivity index (χ1v) is 4.00. The van der Waals surface area contributed by atoms with Gasteiger partial charge in [-0.05, 0) is 20.3 Å². The molecule has 70 valence electrons. The fourth-order valence-corrected chi connectivity index (χ4v) is 1.30. The number of nitrogens with one attached hydrogen (secondary N) is 1. The summed E-state index contributed by atoms with van der Waals surface area (Å²) in [6, 6.07) is 0.105. The van der Waals surface area contributed by atoms with Crippen LogP contribution >= 0.6 is 0 Å². The molecule has 0 saturated carbocycles. The minimum atomic E-state index is -0.221. The van der Waals surface area contributed by atoms with E-state index in [2.05, 4.69) is 10.4 Å². The zero-order chi connectivity index (χ0) is 9.19.